The number of benzene rings is 2. The van der Waals surface area contributed by atoms with E-state index in [-0.39, 0.29) is 18.4 Å². The lowest BCUT2D eigenvalue weighted by Gasteiger charge is -2.40. The van der Waals surface area contributed by atoms with E-state index in [1.165, 1.54) is 6.26 Å². The number of furan rings is 1. The summed E-state index contributed by atoms with van der Waals surface area (Å²) in [5.74, 6) is 0.134. The highest BCUT2D eigenvalue weighted by atomic mass is 16.3. The summed E-state index contributed by atoms with van der Waals surface area (Å²) in [6.45, 7) is 5.89. The van der Waals surface area contributed by atoms with E-state index in [9.17, 15) is 9.59 Å². The minimum Gasteiger partial charge on any atom is -0.467 e. The van der Waals surface area contributed by atoms with Crippen LogP contribution in [0.25, 0.3) is 0 Å². The molecule has 0 saturated carbocycles. The van der Waals surface area contributed by atoms with E-state index in [0.717, 1.165) is 22.4 Å². The number of hydrogen-bond donors (Lipinski definition) is 0. The van der Waals surface area contributed by atoms with Crippen molar-refractivity contribution >= 4 is 23.2 Å². The van der Waals surface area contributed by atoms with E-state index in [0.29, 0.717) is 11.4 Å². The molecule has 5 nitrogen and oxygen atoms in total. The summed E-state index contributed by atoms with van der Waals surface area (Å²) in [5.41, 5.74) is 4.49. The Balaban J connectivity index is 1.83. The quantitative estimate of drug-likeness (QED) is 0.686. The van der Waals surface area contributed by atoms with Crippen molar-refractivity contribution in [1.82, 2.24) is 0 Å². The first-order valence-electron chi connectivity index (χ1n) is 9.27. The van der Waals surface area contributed by atoms with Crippen molar-refractivity contribution < 1.29 is 14.0 Å². The molecule has 2 heterocycles. The van der Waals surface area contributed by atoms with Crippen LogP contribution in [0.2, 0.25) is 0 Å². The number of anilines is 2. The van der Waals surface area contributed by atoms with Gasteiger partial charge >= 0.3 is 0 Å². The van der Waals surface area contributed by atoms with Crippen molar-refractivity contribution in [2.75, 3.05) is 16.3 Å². The van der Waals surface area contributed by atoms with Gasteiger partial charge in [-0.05, 0) is 56.2 Å². The summed E-state index contributed by atoms with van der Waals surface area (Å²) in [7, 11) is 0. The molecule has 142 valence electrons. The molecule has 5 heteroatoms. The number of piperazine rings is 1. The topological polar surface area (TPSA) is 53.8 Å². The van der Waals surface area contributed by atoms with Crippen LogP contribution in [0.4, 0.5) is 11.4 Å². The Bertz CT molecular complexity index is 1000. The van der Waals surface area contributed by atoms with Crippen molar-refractivity contribution in [3.05, 3.63) is 83.3 Å². The summed E-state index contributed by atoms with van der Waals surface area (Å²) in [5, 5.41) is 0. The number of carbonyl (C=O) groups excluding carboxylic acids is 2. The van der Waals surface area contributed by atoms with Gasteiger partial charge in [0.15, 0.2) is 6.04 Å². The number of hydrogen-bond acceptors (Lipinski definition) is 3. The van der Waals surface area contributed by atoms with Crippen molar-refractivity contribution in [3.63, 3.8) is 0 Å². The van der Waals surface area contributed by atoms with Gasteiger partial charge in [0.05, 0.1) is 12.0 Å². The maximum atomic E-state index is 13.6. The summed E-state index contributed by atoms with van der Waals surface area (Å²) < 4.78 is 5.57. The highest BCUT2D eigenvalue weighted by Gasteiger charge is 2.43. The van der Waals surface area contributed by atoms with Crippen LogP contribution < -0.4 is 9.80 Å². The molecule has 1 aliphatic rings. The molecule has 1 atom stereocenters. The third-order valence-corrected chi connectivity index (χ3v) is 5.15. The molecule has 0 radical (unpaired) electrons. The Hall–Kier alpha value is -3.34. The highest BCUT2D eigenvalue weighted by molar-refractivity contribution is 6.14. The zero-order valence-corrected chi connectivity index (χ0v) is 16.2. The fourth-order valence-electron chi connectivity index (χ4n) is 3.81. The fourth-order valence-corrected chi connectivity index (χ4v) is 3.81. The van der Waals surface area contributed by atoms with Gasteiger partial charge in [-0.15, -0.1) is 0 Å². The first-order chi connectivity index (χ1) is 13.5. The average Bonchev–Trinajstić information content (AvgIpc) is 3.19. The largest absolute Gasteiger partial charge is 0.467 e. The molecule has 0 bridgehead atoms. The zero-order chi connectivity index (χ0) is 19.8. The summed E-state index contributed by atoms with van der Waals surface area (Å²) >= 11 is 0. The van der Waals surface area contributed by atoms with Gasteiger partial charge in [-0.2, -0.15) is 0 Å². The summed E-state index contributed by atoms with van der Waals surface area (Å²) in [6.07, 6.45) is 1.53. The third-order valence-electron chi connectivity index (χ3n) is 5.15. The van der Waals surface area contributed by atoms with Gasteiger partial charge in [0.2, 0.25) is 5.91 Å². The molecule has 4 rings (SSSR count). The molecule has 28 heavy (non-hydrogen) atoms. The van der Waals surface area contributed by atoms with Crippen LogP contribution >= 0.6 is 0 Å². The highest BCUT2D eigenvalue weighted by Crippen LogP contribution is 2.36. The maximum Gasteiger partial charge on any atom is 0.258 e. The lowest BCUT2D eigenvalue weighted by atomic mass is 10.0. The minimum atomic E-state index is -0.835. The molecule has 1 saturated heterocycles. The Morgan fingerprint density at radius 2 is 1.57 bits per heavy atom. The number of carbonyl (C=O) groups is 2. The molecule has 0 spiro atoms. The molecular weight excluding hydrogens is 352 g/mol. The smallest absolute Gasteiger partial charge is 0.258 e. The minimum absolute atomic E-state index is 0.00435. The Kier molecular flexibility index (Phi) is 4.51. The predicted molar refractivity (Wildman–Crippen MR) is 108 cm³/mol. The molecule has 0 aliphatic carbocycles. The van der Waals surface area contributed by atoms with E-state index in [2.05, 4.69) is 0 Å². The Labute approximate surface area is 164 Å². The lowest BCUT2D eigenvalue weighted by molar-refractivity contribution is -0.129. The van der Waals surface area contributed by atoms with Gasteiger partial charge < -0.3 is 9.32 Å². The molecule has 3 aromatic rings. The maximum absolute atomic E-state index is 13.6. The van der Waals surface area contributed by atoms with Gasteiger partial charge in [-0.25, -0.2) is 0 Å². The molecule has 2 aromatic carbocycles. The molecular formula is C23H22N2O3. The van der Waals surface area contributed by atoms with Crippen LogP contribution in [0.3, 0.4) is 0 Å². The monoisotopic (exact) mass is 374 g/mol. The Morgan fingerprint density at radius 1 is 0.893 bits per heavy atom. The zero-order valence-electron chi connectivity index (χ0n) is 16.2. The molecule has 1 aromatic heterocycles. The molecule has 1 fully saturated rings. The number of aryl methyl sites for hydroxylation is 3. The van der Waals surface area contributed by atoms with Crippen LogP contribution in [0.15, 0.2) is 65.3 Å². The van der Waals surface area contributed by atoms with Gasteiger partial charge in [-0.1, -0.05) is 35.9 Å². The molecule has 2 amide bonds. The molecule has 1 unspecified atom stereocenters. The van der Waals surface area contributed by atoms with Gasteiger partial charge in [0.25, 0.3) is 5.91 Å². The van der Waals surface area contributed by atoms with Crippen molar-refractivity contribution in [1.29, 1.82) is 0 Å². The van der Waals surface area contributed by atoms with Gasteiger partial charge in [-0.3, -0.25) is 14.5 Å². The van der Waals surface area contributed by atoms with Crippen LogP contribution in [0, 0.1) is 20.8 Å². The second-order valence-corrected chi connectivity index (χ2v) is 7.18. The van der Waals surface area contributed by atoms with E-state index in [1.807, 2.05) is 63.2 Å². The number of para-hydroxylation sites is 1. The number of nitrogens with zero attached hydrogens (tertiary/aromatic N) is 2. The van der Waals surface area contributed by atoms with Crippen molar-refractivity contribution in [3.8, 4) is 0 Å². The number of amides is 2. The SMILES string of the molecule is Cc1ccc(N2C(=O)CN(c3c(C)cccc3C)C(=O)C2c2ccco2)cc1. The molecule has 1 aliphatic heterocycles. The predicted octanol–water partition coefficient (Wildman–Crippen LogP) is 4.33. The van der Waals surface area contributed by atoms with Crippen LogP contribution in [-0.2, 0) is 9.59 Å². The van der Waals surface area contributed by atoms with Crippen LogP contribution in [0.1, 0.15) is 28.5 Å². The summed E-state index contributed by atoms with van der Waals surface area (Å²) in [4.78, 5) is 30.0. The molecule has 0 N–H and O–H groups in total. The first-order valence-corrected chi connectivity index (χ1v) is 9.27. The van der Waals surface area contributed by atoms with Gasteiger partial charge in [0, 0.05) is 5.69 Å². The summed E-state index contributed by atoms with van der Waals surface area (Å²) in [6, 6.07) is 16.1. The normalized spacial score (nSPS) is 17.3. The second-order valence-electron chi connectivity index (χ2n) is 7.18. The standard InChI is InChI=1S/C23H22N2O3/c1-15-9-11-18(12-10-15)25-20(26)14-24(21-16(2)6-4-7-17(21)3)23(27)22(25)19-8-5-13-28-19/h4-13,22H,14H2,1-3H3. The third kappa shape index (κ3) is 2.99. The second kappa shape index (κ2) is 7.00. The fraction of sp³-hybridized carbons (Fsp3) is 0.217. The van der Waals surface area contributed by atoms with E-state index < -0.39 is 6.04 Å². The van der Waals surface area contributed by atoms with Gasteiger partial charge in [0.1, 0.15) is 12.3 Å². The van der Waals surface area contributed by atoms with E-state index >= 15 is 0 Å². The first kappa shape index (κ1) is 18.0. The van der Waals surface area contributed by atoms with E-state index in [1.54, 1.807) is 21.9 Å². The van der Waals surface area contributed by atoms with Crippen molar-refractivity contribution in [2.24, 2.45) is 0 Å². The van der Waals surface area contributed by atoms with E-state index in [4.69, 9.17) is 4.42 Å². The Morgan fingerprint density at radius 3 is 2.18 bits per heavy atom. The van der Waals surface area contributed by atoms with Crippen molar-refractivity contribution in [2.45, 2.75) is 26.8 Å². The number of rotatable bonds is 3. The lowest BCUT2D eigenvalue weighted by Crippen LogP contribution is -2.56. The van der Waals surface area contributed by atoms with Crippen LogP contribution in [0.5, 0.6) is 0 Å². The average molecular weight is 374 g/mol. The van der Waals surface area contributed by atoms with Crippen LogP contribution in [-0.4, -0.2) is 18.4 Å².